The molecule has 33 heavy (non-hydrogen) atoms. The number of carbonyl (C=O) groups is 1. The van der Waals surface area contributed by atoms with Gasteiger partial charge >= 0.3 is 0 Å². The maximum atomic E-state index is 13.3. The number of fused-ring (bicyclic) bond motifs is 1. The van der Waals surface area contributed by atoms with E-state index < -0.39 is 5.92 Å². The number of H-pyrrole nitrogens is 2. The number of Topliss-reactive ketones (excluding diaryl/α,β-unsaturated/α-hetero) is 1. The van der Waals surface area contributed by atoms with Gasteiger partial charge in [-0.3, -0.25) is 14.6 Å². The highest BCUT2D eigenvalue weighted by Crippen LogP contribution is 2.47. The van der Waals surface area contributed by atoms with Gasteiger partial charge in [0, 0.05) is 23.6 Å². The van der Waals surface area contributed by atoms with Gasteiger partial charge in [-0.1, -0.05) is 56.3 Å². The van der Waals surface area contributed by atoms with E-state index in [1.165, 1.54) is 0 Å². The molecule has 0 bridgehead atoms. The molecule has 1 aliphatic carbocycles. The van der Waals surface area contributed by atoms with E-state index in [2.05, 4.69) is 29.1 Å². The Hall–Kier alpha value is -3.45. The first kappa shape index (κ1) is 21.4. The lowest BCUT2D eigenvalue weighted by molar-refractivity contribution is -0.118. The molecule has 0 spiro atoms. The number of benzene rings is 2. The lowest BCUT2D eigenvalue weighted by Gasteiger charge is -2.38. The van der Waals surface area contributed by atoms with Gasteiger partial charge in [0.1, 0.15) is 18.2 Å². The molecule has 0 fully saturated rings. The predicted octanol–water partition coefficient (Wildman–Crippen LogP) is 5.21. The molecule has 1 aromatic heterocycles. The van der Waals surface area contributed by atoms with E-state index in [1.54, 1.807) is 0 Å². The summed E-state index contributed by atoms with van der Waals surface area (Å²) >= 11 is 5.19. The minimum Gasteiger partial charge on any atom is -0.489 e. The Morgan fingerprint density at radius 1 is 1.00 bits per heavy atom. The molecule has 7 heteroatoms. The SMILES string of the molecule is CC1(C)CC(=O)C2=C(C1)Nc1[nH]c(=S)[nH]c(=O)c1[C@H]2c1ccc(OCc2ccccc2)cc1. The van der Waals surface area contributed by atoms with Crippen LogP contribution in [-0.4, -0.2) is 15.8 Å². The first-order valence-corrected chi connectivity index (χ1v) is 11.4. The molecule has 1 aliphatic heterocycles. The molecule has 2 aromatic carbocycles. The topological polar surface area (TPSA) is 87.0 Å². The molecule has 0 radical (unpaired) electrons. The summed E-state index contributed by atoms with van der Waals surface area (Å²) in [5.74, 6) is 0.875. The van der Waals surface area contributed by atoms with Crippen LogP contribution < -0.4 is 15.6 Å². The van der Waals surface area contributed by atoms with Gasteiger partial charge in [-0.2, -0.15) is 0 Å². The van der Waals surface area contributed by atoms with Crippen LogP contribution in [0, 0.1) is 10.2 Å². The maximum absolute atomic E-state index is 13.3. The lowest BCUT2D eigenvalue weighted by atomic mass is 9.69. The second-order valence-corrected chi connectivity index (χ2v) is 9.84. The van der Waals surface area contributed by atoms with Gasteiger partial charge in [0.25, 0.3) is 5.56 Å². The summed E-state index contributed by atoms with van der Waals surface area (Å²) < 4.78 is 6.17. The molecule has 0 amide bonds. The van der Waals surface area contributed by atoms with Gasteiger partial charge < -0.3 is 15.0 Å². The number of aromatic amines is 2. The van der Waals surface area contributed by atoms with Crippen molar-refractivity contribution in [1.82, 2.24) is 9.97 Å². The summed E-state index contributed by atoms with van der Waals surface area (Å²) in [5.41, 5.74) is 3.50. The van der Waals surface area contributed by atoms with E-state index in [9.17, 15) is 9.59 Å². The Morgan fingerprint density at radius 3 is 2.45 bits per heavy atom. The molecular weight excluding hydrogens is 434 g/mol. The van der Waals surface area contributed by atoms with Gasteiger partial charge in [-0.15, -0.1) is 0 Å². The summed E-state index contributed by atoms with van der Waals surface area (Å²) in [7, 11) is 0. The summed E-state index contributed by atoms with van der Waals surface area (Å²) in [5, 5.41) is 3.31. The second kappa shape index (κ2) is 8.15. The highest BCUT2D eigenvalue weighted by molar-refractivity contribution is 7.71. The van der Waals surface area contributed by atoms with Crippen LogP contribution in [0.5, 0.6) is 5.75 Å². The fourth-order valence-corrected chi connectivity index (χ4v) is 4.97. The molecule has 1 atom stereocenters. The first-order valence-electron chi connectivity index (χ1n) is 11.0. The normalized spacial score (nSPS) is 18.8. The minimum atomic E-state index is -0.473. The van der Waals surface area contributed by atoms with Crippen LogP contribution in [0.4, 0.5) is 5.82 Å². The number of aromatic nitrogens is 2. The Morgan fingerprint density at radius 2 is 1.73 bits per heavy atom. The van der Waals surface area contributed by atoms with Gasteiger partial charge in [-0.25, -0.2) is 0 Å². The number of ether oxygens (including phenoxy) is 1. The third kappa shape index (κ3) is 4.16. The Labute approximate surface area is 196 Å². The smallest absolute Gasteiger partial charge is 0.257 e. The van der Waals surface area contributed by atoms with Crippen molar-refractivity contribution in [3.05, 3.63) is 97.7 Å². The van der Waals surface area contributed by atoms with Crippen molar-refractivity contribution in [2.45, 2.75) is 39.2 Å². The largest absolute Gasteiger partial charge is 0.489 e. The van der Waals surface area contributed by atoms with Crippen molar-refractivity contribution in [3.63, 3.8) is 0 Å². The first-order chi connectivity index (χ1) is 15.8. The zero-order chi connectivity index (χ0) is 23.2. The van der Waals surface area contributed by atoms with Crippen LogP contribution in [-0.2, 0) is 11.4 Å². The lowest BCUT2D eigenvalue weighted by Crippen LogP contribution is -2.36. The number of hydrogen-bond donors (Lipinski definition) is 3. The van der Waals surface area contributed by atoms with Gasteiger partial charge in [-0.05, 0) is 47.3 Å². The third-order valence-electron chi connectivity index (χ3n) is 6.21. The van der Waals surface area contributed by atoms with E-state index in [1.807, 2.05) is 54.6 Å². The van der Waals surface area contributed by atoms with Crippen LogP contribution in [0.2, 0.25) is 0 Å². The summed E-state index contributed by atoms with van der Waals surface area (Å²) in [6, 6.07) is 17.6. The van der Waals surface area contributed by atoms with Crippen molar-refractivity contribution in [2.75, 3.05) is 5.32 Å². The van der Waals surface area contributed by atoms with Crippen molar-refractivity contribution in [1.29, 1.82) is 0 Å². The predicted molar refractivity (Wildman–Crippen MR) is 130 cm³/mol. The molecule has 5 rings (SSSR count). The van der Waals surface area contributed by atoms with Crippen LogP contribution >= 0.6 is 12.2 Å². The number of carbonyl (C=O) groups excluding carboxylic acids is 1. The van der Waals surface area contributed by atoms with Crippen LogP contribution in [0.15, 0.2) is 70.7 Å². The highest BCUT2D eigenvalue weighted by Gasteiger charge is 2.42. The quantitative estimate of drug-likeness (QED) is 0.466. The van der Waals surface area contributed by atoms with Crippen molar-refractivity contribution in [2.24, 2.45) is 5.41 Å². The highest BCUT2D eigenvalue weighted by atomic mass is 32.1. The maximum Gasteiger partial charge on any atom is 0.257 e. The van der Waals surface area contributed by atoms with Crippen LogP contribution in [0.1, 0.15) is 49.3 Å². The summed E-state index contributed by atoms with van der Waals surface area (Å²) in [6.45, 7) is 4.63. The molecule has 0 saturated heterocycles. The van der Waals surface area contributed by atoms with Crippen LogP contribution in [0.25, 0.3) is 0 Å². The molecule has 0 saturated carbocycles. The van der Waals surface area contributed by atoms with E-state index in [0.717, 1.165) is 29.0 Å². The number of ketones is 1. The molecule has 2 heterocycles. The summed E-state index contributed by atoms with van der Waals surface area (Å²) in [6.07, 6.45) is 1.16. The number of hydrogen-bond acceptors (Lipinski definition) is 5. The van der Waals surface area contributed by atoms with Gasteiger partial charge in [0.05, 0.1) is 5.56 Å². The Kier molecular flexibility index (Phi) is 5.29. The Bertz CT molecular complexity index is 1370. The monoisotopic (exact) mass is 459 g/mol. The standard InChI is InChI=1S/C26H25N3O3S/c1-26(2)12-18-21(19(30)13-26)20(22-23(27-18)28-25(33)29-24(22)31)16-8-10-17(11-9-16)32-14-15-6-4-3-5-7-15/h3-11,20H,12-14H2,1-2H3,(H3,27,28,29,31,33)/t20-/m0/s1. The number of anilines is 1. The van der Waals surface area contributed by atoms with E-state index in [0.29, 0.717) is 30.0 Å². The van der Waals surface area contributed by atoms with E-state index in [-0.39, 0.29) is 21.5 Å². The molecule has 0 unspecified atom stereocenters. The van der Waals surface area contributed by atoms with Crippen molar-refractivity contribution in [3.8, 4) is 5.75 Å². The molecule has 6 nitrogen and oxygen atoms in total. The zero-order valence-electron chi connectivity index (χ0n) is 18.5. The third-order valence-corrected chi connectivity index (χ3v) is 6.42. The number of allylic oxidation sites excluding steroid dienone is 2. The molecule has 168 valence electrons. The van der Waals surface area contributed by atoms with Crippen molar-refractivity contribution < 1.29 is 9.53 Å². The minimum absolute atomic E-state index is 0.0654. The van der Waals surface area contributed by atoms with Crippen molar-refractivity contribution >= 4 is 23.8 Å². The number of rotatable bonds is 4. The van der Waals surface area contributed by atoms with E-state index >= 15 is 0 Å². The van der Waals surface area contributed by atoms with Gasteiger partial charge in [0.2, 0.25) is 0 Å². The average molecular weight is 460 g/mol. The fourth-order valence-electron chi connectivity index (χ4n) is 4.78. The molecule has 3 N–H and O–H groups in total. The Balaban J connectivity index is 1.54. The molecular formula is C26H25N3O3S. The second-order valence-electron chi connectivity index (χ2n) is 9.43. The number of nitrogens with one attached hydrogen (secondary N) is 3. The molecule has 2 aliphatic rings. The van der Waals surface area contributed by atoms with Crippen LogP contribution in [0.3, 0.4) is 0 Å². The fraction of sp³-hybridized carbons (Fsp3) is 0.269. The van der Waals surface area contributed by atoms with E-state index in [4.69, 9.17) is 17.0 Å². The summed E-state index contributed by atoms with van der Waals surface area (Å²) in [4.78, 5) is 32.0. The van der Waals surface area contributed by atoms with Gasteiger partial charge in [0.15, 0.2) is 10.6 Å². The molecule has 3 aromatic rings. The average Bonchev–Trinajstić information content (AvgIpc) is 2.76. The zero-order valence-corrected chi connectivity index (χ0v) is 19.3.